The minimum Gasteiger partial charge on any atom is -0.454 e. The molecule has 4 atom stereocenters. The van der Waals surface area contributed by atoms with Crippen LogP contribution in [-0.2, 0) is 14.2 Å². The van der Waals surface area contributed by atoms with Gasteiger partial charge >= 0.3 is 12.1 Å². The molecule has 2 aliphatic carbocycles. The van der Waals surface area contributed by atoms with Crippen molar-refractivity contribution in [3.05, 3.63) is 60.2 Å². The van der Waals surface area contributed by atoms with Gasteiger partial charge in [-0.15, -0.1) is 0 Å². The van der Waals surface area contributed by atoms with E-state index in [0.29, 0.717) is 5.56 Å². The number of carbonyl (C=O) groups is 2. The fourth-order valence-corrected chi connectivity index (χ4v) is 4.02. The number of carbonyl (C=O) groups excluding carboxylic acids is 2. The second kappa shape index (κ2) is 6.97. The Kier molecular flexibility index (Phi) is 4.61. The van der Waals surface area contributed by atoms with E-state index < -0.39 is 29.9 Å². The van der Waals surface area contributed by atoms with E-state index in [1.807, 2.05) is 48.6 Å². The summed E-state index contributed by atoms with van der Waals surface area (Å²) in [5.41, 5.74) is -0.125. The molecule has 1 saturated carbocycles. The van der Waals surface area contributed by atoms with Crippen molar-refractivity contribution >= 4 is 22.9 Å². The second-order valence-corrected chi connectivity index (χ2v) is 8.39. The molecular formula is C23H24O5. The Morgan fingerprint density at radius 1 is 0.893 bits per heavy atom. The first kappa shape index (κ1) is 18.5. The van der Waals surface area contributed by atoms with Crippen molar-refractivity contribution in [1.29, 1.82) is 0 Å². The van der Waals surface area contributed by atoms with Gasteiger partial charge in [-0.3, -0.25) is 0 Å². The maximum Gasteiger partial charge on any atom is 0.509 e. The van der Waals surface area contributed by atoms with Crippen molar-refractivity contribution in [1.82, 2.24) is 0 Å². The van der Waals surface area contributed by atoms with Gasteiger partial charge in [0, 0.05) is 11.8 Å². The van der Waals surface area contributed by atoms with Crippen LogP contribution in [0.2, 0.25) is 0 Å². The number of rotatable bonds is 3. The van der Waals surface area contributed by atoms with E-state index in [4.69, 9.17) is 14.2 Å². The first-order chi connectivity index (χ1) is 13.3. The molecule has 0 N–H and O–H groups in total. The lowest BCUT2D eigenvalue weighted by atomic mass is 10.0. The van der Waals surface area contributed by atoms with E-state index in [0.717, 1.165) is 17.2 Å². The molecule has 2 aromatic rings. The highest BCUT2D eigenvalue weighted by Gasteiger charge is 2.50. The van der Waals surface area contributed by atoms with Gasteiger partial charge in [0.15, 0.2) is 0 Å². The zero-order valence-electron chi connectivity index (χ0n) is 16.3. The molecule has 0 spiro atoms. The molecule has 2 bridgehead atoms. The number of ether oxygens (including phenoxy) is 3. The quantitative estimate of drug-likeness (QED) is 0.560. The summed E-state index contributed by atoms with van der Waals surface area (Å²) in [5, 5.41) is 1.82. The molecule has 2 aromatic carbocycles. The highest BCUT2D eigenvalue weighted by Crippen LogP contribution is 2.43. The van der Waals surface area contributed by atoms with Crippen LogP contribution >= 0.6 is 0 Å². The molecule has 4 rings (SSSR count). The topological polar surface area (TPSA) is 61.8 Å². The monoisotopic (exact) mass is 380 g/mol. The average molecular weight is 380 g/mol. The van der Waals surface area contributed by atoms with Gasteiger partial charge in [0.25, 0.3) is 0 Å². The van der Waals surface area contributed by atoms with Crippen molar-refractivity contribution in [2.45, 2.75) is 45.0 Å². The van der Waals surface area contributed by atoms with E-state index in [1.165, 1.54) is 0 Å². The Bertz CT molecular complexity index is 934. The maximum absolute atomic E-state index is 12.9. The van der Waals surface area contributed by atoms with Crippen LogP contribution in [0.3, 0.4) is 0 Å². The molecule has 2 aliphatic rings. The standard InChI is InChI=1S/C23H24O5/c1-23(2,3)28-22(25)27-20-16-12-11-15(13-16)19(20)26-21(24)18-10-6-8-14-7-4-5-9-17(14)18/h4-12,15-16,19-20H,13H2,1-3H3. The van der Waals surface area contributed by atoms with Gasteiger partial charge in [-0.05, 0) is 44.0 Å². The average Bonchev–Trinajstić information content (AvgIpc) is 3.22. The normalized spacial score (nSPS) is 25.7. The van der Waals surface area contributed by atoms with Crippen molar-refractivity contribution in [2.24, 2.45) is 11.8 Å². The van der Waals surface area contributed by atoms with Crippen LogP contribution < -0.4 is 0 Å². The number of hydrogen-bond acceptors (Lipinski definition) is 5. The van der Waals surface area contributed by atoms with E-state index in [-0.39, 0.29) is 11.8 Å². The van der Waals surface area contributed by atoms with Crippen molar-refractivity contribution in [3.8, 4) is 0 Å². The van der Waals surface area contributed by atoms with Crippen molar-refractivity contribution in [3.63, 3.8) is 0 Å². The summed E-state index contributed by atoms with van der Waals surface area (Å²) >= 11 is 0. The number of esters is 1. The molecule has 5 nitrogen and oxygen atoms in total. The summed E-state index contributed by atoms with van der Waals surface area (Å²) in [7, 11) is 0. The van der Waals surface area contributed by atoms with Crippen LogP contribution in [0.1, 0.15) is 37.6 Å². The molecule has 0 saturated heterocycles. The van der Waals surface area contributed by atoms with Gasteiger partial charge in [0.05, 0.1) is 5.56 Å². The molecule has 0 aromatic heterocycles. The third kappa shape index (κ3) is 3.61. The molecule has 0 amide bonds. The van der Waals surface area contributed by atoms with Crippen LogP contribution in [0.25, 0.3) is 10.8 Å². The van der Waals surface area contributed by atoms with Crippen LogP contribution in [0.15, 0.2) is 54.6 Å². The molecule has 0 radical (unpaired) electrons. The molecular weight excluding hydrogens is 356 g/mol. The van der Waals surface area contributed by atoms with Gasteiger partial charge in [-0.1, -0.05) is 48.6 Å². The minimum atomic E-state index is -0.732. The maximum atomic E-state index is 12.9. The lowest BCUT2D eigenvalue weighted by Crippen LogP contribution is -2.39. The van der Waals surface area contributed by atoms with E-state index in [9.17, 15) is 9.59 Å². The molecule has 4 unspecified atom stereocenters. The third-order valence-electron chi connectivity index (χ3n) is 5.19. The van der Waals surface area contributed by atoms with E-state index in [1.54, 1.807) is 26.8 Å². The molecule has 146 valence electrons. The highest BCUT2D eigenvalue weighted by atomic mass is 16.7. The van der Waals surface area contributed by atoms with E-state index in [2.05, 4.69) is 0 Å². The summed E-state index contributed by atoms with van der Waals surface area (Å²) in [5.74, 6) is -0.306. The van der Waals surface area contributed by atoms with Gasteiger partial charge < -0.3 is 14.2 Å². The van der Waals surface area contributed by atoms with Crippen molar-refractivity contribution < 1.29 is 23.8 Å². The highest BCUT2D eigenvalue weighted by molar-refractivity contribution is 6.04. The van der Waals surface area contributed by atoms with Gasteiger partial charge in [0.2, 0.25) is 0 Å². The van der Waals surface area contributed by atoms with Crippen LogP contribution in [0.4, 0.5) is 4.79 Å². The van der Waals surface area contributed by atoms with E-state index >= 15 is 0 Å². The fraction of sp³-hybridized carbons (Fsp3) is 0.391. The number of hydrogen-bond donors (Lipinski definition) is 0. The first-order valence-electron chi connectivity index (χ1n) is 9.58. The summed E-state index contributed by atoms with van der Waals surface area (Å²) in [6, 6.07) is 13.3. The lowest BCUT2D eigenvalue weighted by molar-refractivity contribution is -0.0692. The SMILES string of the molecule is CC(C)(C)OC(=O)OC1C2C=CC(C2)C1OC(=O)c1cccc2ccccc12. The number of fused-ring (bicyclic) bond motifs is 3. The summed E-state index contributed by atoms with van der Waals surface area (Å²) in [6.45, 7) is 5.35. The number of benzene rings is 2. The van der Waals surface area contributed by atoms with Crippen LogP contribution in [0, 0.1) is 11.8 Å². The first-order valence-corrected chi connectivity index (χ1v) is 9.58. The Hall–Kier alpha value is -2.82. The summed E-state index contributed by atoms with van der Waals surface area (Å²) in [4.78, 5) is 25.1. The Morgan fingerprint density at radius 2 is 1.54 bits per heavy atom. The fourth-order valence-electron chi connectivity index (χ4n) is 4.02. The largest absolute Gasteiger partial charge is 0.509 e. The van der Waals surface area contributed by atoms with Gasteiger partial charge in [-0.2, -0.15) is 0 Å². The zero-order chi connectivity index (χ0) is 19.9. The summed E-state index contributed by atoms with van der Waals surface area (Å²) in [6.07, 6.45) is 3.12. The predicted octanol–water partition coefficient (Wildman–Crippen LogP) is 4.89. The molecule has 0 aliphatic heterocycles. The van der Waals surface area contributed by atoms with Gasteiger partial charge in [-0.25, -0.2) is 9.59 Å². The van der Waals surface area contributed by atoms with Crippen LogP contribution in [0.5, 0.6) is 0 Å². The minimum absolute atomic E-state index is 0.0443. The second-order valence-electron chi connectivity index (χ2n) is 8.39. The lowest BCUT2D eigenvalue weighted by Gasteiger charge is -2.29. The smallest absolute Gasteiger partial charge is 0.454 e. The molecule has 5 heteroatoms. The Balaban J connectivity index is 1.53. The zero-order valence-corrected chi connectivity index (χ0v) is 16.3. The Labute approximate surface area is 164 Å². The molecule has 28 heavy (non-hydrogen) atoms. The predicted molar refractivity (Wildman–Crippen MR) is 105 cm³/mol. The van der Waals surface area contributed by atoms with Crippen LogP contribution in [-0.4, -0.2) is 29.9 Å². The summed E-state index contributed by atoms with van der Waals surface area (Å²) < 4.78 is 16.7. The Morgan fingerprint density at radius 3 is 2.25 bits per heavy atom. The van der Waals surface area contributed by atoms with Crippen molar-refractivity contribution in [2.75, 3.05) is 0 Å². The molecule has 1 fully saturated rings. The van der Waals surface area contributed by atoms with Gasteiger partial charge in [0.1, 0.15) is 17.8 Å². The molecule has 0 heterocycles. The third-order valence-corrected chi connectivity index (χ3v) is 5.19.